The lowest BCUT2D eigenvalue weighted by atomic mass is 10.1. The van der Waals surface area contributed by atoms with E-state index in [4.69, 9.17) is 22.7 Å². The molecule has 0 radical (unpaired) electrons. The number of amides is 2. The predicted molar refractivity (Wildman–Crippen MR) is 81.9 cm³/mol. The molecule has 2 amide bonds. The fourth-order valence-corrected chi connectivity index (χ4v) is 2.30. The van der Waals surface area contributed by atoms with Gasteiger partial charge in [-0.25, -0.2) is 0 Å². The van der Waals surface area contributed by atoms with Crippen molar-refractivity contribution in [1.29, 1.82) is 0 Å². The number of thiocarbonyl (C=S) groups is 1. The molecule has 1 aliphatic heterocycles. The number of nitrogens with zero attached hydrogens (tertiary/aromatic N) is 2. The van der Waals surface area contributed by atoms with E-state index < -0.39 is 0 Å². The first-order valence-corrected chi connectivity index (χ1v) is 6.81. The quantitative estimate of drug-likeness (QED) is 0.800. The van der Waals surface area contributed by atoms with Crippen LogP contribution < -0.4 is 10.5 Å². The Balaban J connectivity index is 2.25. The molecule has 0 aliphatic carbocycles. The Morgan fingerprint density at radius 2 is 2.05 bits per heavy atom. The molecule has 1 fully saturated rings. The van der Waals surface area contributed by atoms with Crippen LogP contribution in [0.25, 0.3) is 0 Å². The molecule has 7 heteroatoms. The van der Waals surface area contributed by atoms with Crippen molar-refractivity contribution in [3.05, 3.63) is 29.3 Å². The van der Waals surface area contributed by atoms with Crippen LogP contribution in [0.4, 0.5) is 0 Å². The standard InChI is InChI=1S/C14H17N3O3S/c1-16-7-13(19)17(8-12(16)18)6-10-5-9(14(15)21)3-4-11(10)20-2/h3-5H,6-8H2,1-2H3,(H2,15,21). The van der Waals surface area contributed by atoms with Crippen LogP contribution >= 0.6 is 12.2 Å². The maximum atomic E-state index is 12.0. The van der Waals surface area contributed by atoms with Gasteiger partial charge in [-0.15, -0.1) is 0 Å². The molecule has 0 atom stereocenters. The Hall–Kier alpha value is -2.15. The van der Waals surface area contributed by atoms with Gasteiger partial charge in [0.2, 0.25) is 11.8 Å². The molecule has 1 aromatic carbocycles. The van der Waals surface area contributed by atoms with Crippen molar-refractivity contribution >= 4 is 29.0 Å². The fraction of sp³-hybridized carbons (Fsp3) is 0.357. The van der Waals surface area contributed by atoms with E-state index in [1.54, 1.807) is 32.4 Å². The summed E-state index contributed by atoms with van der Waals surface area (Å²) in [7, 11) is 3.17. The zero-order valence-corrected chi connectivity index (χ0v) is 12.8. The number of nitrogens with two attached hydrogens (primary N) is 1. The lowest BCUT2D eigenvalue weighted by molar-refractivity contribution is -0.149. The monoisotopic (exact) mass is 307 g/mol. The van der Waals surface area contributed by atoms with Crippen LogP contribution in [0.1, 0.15) is 11.1 Å². The van der Waals surface area contributed by atoms with Crippen molar-refractivity contribution < 1.29 is 14.3 Å². The maximum absolute atomic E-state index is 12.0. The molecule has 2 rings (SSSR count). The number of ether oxygens (including phenoxy) is 1. The predicted octanol–water partition coefficient (Wildman–Crippen LogP) is 0.130. The SMILES string of the molecule is COc1ccc(C(N)=S)cc1CN1CC(=O)N(C)CC1=O. The minimum atomic E-state index is -0.0973. The van der Waals surface area contributed by atoms with E-state index in [0.717, 1.165) is 5.56 Å². The normalized spacial score (nSPS) is 15.3. The smallest absolute Gasteiger partial charge is 0.242 e. The average Bonchev–Trinajstić information content (AvgIpc) is 2.44. The van der Waals surface area contributed by atoms with E-state index in [1.165, 1.54) is 9.80 Å². The van der Waals surface area contributed by atoms with E-state index in [0.29, 0.717) is 11.3 Å². The second kappa shape index (κ2) is 6.09. The summed E-state index contributed by atoms with van der Waals surface area (Å²) >= 11 is 4.96. The lowest BCUT2D eigenvalue weighted by Crippen LogP contribution is -2.51. The van der Waals surface area contributed by atoms with Gasteiger partial charge in [0.15, 0.2) is 0 Å². The molecule has 1 saturated heterocycles. The van der Waals surface area contributed by atoms with Crippen LogP contribution in [0.3, 0.4) is 0 Å². The Morgan fingerprint density at radius 3 is 2.67 bits per heavy atom. The summed E-state index contributed by atoms with van der Waals surface area (Å²) in [5, 5.41) is 0. The summed E-state index contributed by atoms with van der Waals surface area (Å²) in [5.41, 5.74) is 7.10. The first-order valence-electron chi connectivity index (χ1n) is 6.41. The van der Waals surface area contributed by atoms with Gasteiger partial charge in [-0.05, 0) is 18.2 Å². The van der Waals surface area contributed by atoms with Crippen molar-refractivity contribution in [3.8, 4) is 5.75 Å². The molecule has 1 aromatic rings. The number of hydrogen-bond acceptors (Lipinski definition) is 4. The van der Waals surface area contributed by atoms with E-state index in [-0.39, 0.29) is 36.4 Å². The van der Waals surface area contributed by atoms with Crippen molar-refractivity contribution in [3.63, 3.8) is 0 Å². The van der Waals surface area contributed by atoms with Crippen LogP contribution in [-0.4, -0.2) is 53.8 Å². The molecule has 0 saturated carbocycles. The van der Waals surface area contributed by atoms with Crippen molar-refractivity contribution in [2.45, 2.75) is 6.54 Å². The molecule has 1 heterocycles. The van der Waals surface area contributed by atoms with Gasteiger partial charge in [0.05, 0.1) is 13.7 Å². The molecule has 21 heavy (non-hydrogen) atoms. The maximum Gasteiger partial charge on any atom is 0.242 e. The second-order valence-electron chi connectivity index (χ2n) is 4.89. The highest BCUT2D eigenvalue weighted by Gasteiger charge is 2.28. The minimum Gasteiger partial charge on any atom is -0.496 e. The number of carbonyl (C=O) groups is 2. The molecule has 2 N–H and O–H groups in total. The van der Waals surface area contributed by atoms with Crippen LogP contribution in [-0.2, 0) is 16.1 Å². The highest BCUT2D eigenvalue weighted by Crippen LogP contribution is 2.22. The summed E-state index contributed by atoms with van der Waals surface area (Å²) in [6.07, 6.45) is 0. The Bertz CT molecular complexity index is 603. The summed E-state index contributed by atoms with van der Waals surface area (Å²) < 4.78 is 5.29. The number of likely N-dealkylation sites (N-methyl/N-ethyl adjacent to an activating group) is 1. The topological polar surface area (TPSA) is 75.9 Å². The van der Waals surface area contributed by atoms with Gasteiger partial charge in [-0.2, -0.15) is 0 Å². The van der Waals surface area contributed by atoms with E-state index in [1.807, 2.05) is 0 Å². The molecular formula is C14H17N3O3S. The Labute approximate surface area is 128 Å². The third-order valence-electron chi connectivity index (χ3n) is 3.40. The molecule has 0 bridgehead atoms. The second-order valence-corrected chi connectivity index (χ2v) is 5.33. The molecule has 0 spiro atoms. The molecular weight excluding hydrogens is 290 g/mol. The van der Waals surface area contributed by atoms with Gasteiger partial charge in [0, 0.05) is 24.7 Å². The molecule has 0 aromatic heterocycles. The van der Waals surface area contributed by atoms with Crippen LogP contribution in [0.2, 0.25) is 0 Å². The van der Waals surface area contributed by atoms with Gasteiger partial charge in [-0.1, -0.05) is 12.2 Å². The van der Waals surface area contributed by atoms with Gasteiger partial charge < -0.3 is 20.3 Å². The van der Waals surface area contributed by atoms with Crippen molar-refractivity contribution in [1.82, 2.24) is 9.80 Å². The molecule has 1 aliphatic rings. The van der Waals surface area contributed by atoms with E-state index >= 15 is 0 Å². The first-order chi connectivity index (χ1) is 9.92. The highest BCUT2D eigenvalue weighted by atomic mass is 32.1. The Morgan fingerprint density at radius 1 is 1.33 bits per heavy atom. The largest absolute Gasteiger partial charge is 0.496 e. The van der Waals surface area contributed by atoms with Crippen molar-refractivity contribution in [2.75, 3.05) is 27.2 Å². The molecule has 112 valence electrons. The van der Waals surface area contributed by atoms with Crippen LogP contribution in [0.5, 0.6) is 5.75 Å². The summed E-state index contributed by atoms with van der Waals surface area (Å²) in [4.78, 5) is 26.9. The number of benzene rings is 1. The fourth-order valence-electron chi connectivity index (χ4n) is 2.17. The van der Waals surface area contributed by atoms with Gasteiger partial charge in [0.1, 0.15) is 17.3 Å². The van der Waals surface area contributed by atoms with Gasteiger partial charge >= 0.3 is 0 Å². The zero-order chi connectivity index (χ0) is 15.6. The summed E-state index contributed by atoms with van der Waals surface area (Å²) in [5.74, 6) is 0.452. The third kappa shape index (κ3) is 3.30. The number of piperazine rings is 1. The van der Waals surface area contributed by atoms with Gasteiger partial charge in [0.25, 0.3) is 0 Å². The highest BCUT2D eigenvalue weighted by molar-refractivity contribution is 7.80. The number of rotatable bonds is 4. The molecule has 6 nitrogen and oxygen atoms in total. The minimum absolute atomic E-state index is 0.0653. The number of carbonyl (C=O) groups excluding carboxylic acids is 2. The lowest BCUT2D eigenvalue weighted by Gasteiger charge is -2.32. The van der Waals surface area contributed by atoms with Crippen LogP contribution in [0, 0.1) is 0 Å². The Kier molecular flexibility index (Phi) is 4.42. The zero-order valence-electron chi connectivity index (χ0n) is 12.0. The van der Waals surface area contributed by atoms with E-state index in [9.17, 15) is 9.59 Å². The van der Waals surface area contributed by atoms with Crippen molar-refractivity contribution in [2.24, 2.45) is 5.73 Å². The third-order valence-corrected chi connectivity index (χ3v) is 3.64. The number of hydrogen-bond donors (Lipinski definition) is 1. The van der Waals surface area contributed by atoms with Crippen LogP contribution in [0.15, 0.2) is 18.2 Å². The van der Waals surface area contributed by atoms with Gasteiger partial charge in [-0.3, -0.25) is 9.59 Å². The summed E-state index contributed by atoms with van der Waals surface area (Å²) in [6, 6.07) is 5.31. The number of methoxy groups -OCH3 is 1. The molecule has 0 unspecified atom stereocenters. The average molecular weight is 307 g/mol. The van der Waals surface area contributed by atoms with E-state index in [2.05, 4.69) is 0 Å². The summed E-state index contributed by atoms with van der Waals surface area (Å²) in [6.45, 7) is 0.448. The first kappa shape index (κ1) is 15.2.